The maximum Gasteiger partial charge on any atom is 0.0147 e. The van der Waals surface area contributed by atoms with E-state index in [1.807, 2.05) is 0 Å². The van der Waals surface area contributed by atoms with Gasteiger partial charge in [-0.25, -0.2) is 0 Å². The molecule has 92 valence electrons. The van der Waals surface area contributed by atoms with E-state index in [2.05, 4.69) is 58.6 Å². The second-order valence-electron chi connectivity index (χ2n) is 4.99. The van der Waals surface area contributed by atoms with Crippen LogP contribution in [0.25, 0.3) is 0 Å². The summed E-state index contributed by atoms with van der Waals surface area (Å²) in [7, 11) is 0. The summed E-state index contributed by atoms with van der Waals surface area (Å²) in [6.45, 7) is 14.9. The van der Waals surface area contributed by atoms with E-state index < -0.39 is 0 Å². The fourth-order valence-corrected chi connectivity index (χ4v) is 2.71. The molecule has 0 aromatic carbocycles. The summed E-state index contributed by atoms with van der Waals surface area (Å²) in [5.41, 5.74) is 0. The van der Waals surface area contributed by atoms with Crippen molar-refractivity contribution >= 4 is 11.8 Å². The molecule has 0 aliphatic rings. The third kappa shape index (κ3) is 8.15. The van der Waals surface area contributed by atoms with Crippen molar-refractivity contribution < 1.29 is 0 Å². The monoisotopic (exact) mass is 231 g/mol. The van der Waals surface area contributed by atoms with E-state index in [0.29, 0.717) is 6.04 Å². The average molecular weight is 231 g/mol. The highest BCUT2D eigenvalue weighted by atomic mass is 32.2. The lowest BCUT2D eigenvalue weighted by Gasteiger charge is -2.22. The second kappa shape index (κ2) is 8.46. The number of thioether (sulfide) groups is 1. The van der Waals surface area contributed by atoms with E-state index in [4.69, 9.17) is 0 Å². The molecule has 0 saturated heterocycles. The van der Waals surface area contributed by atoms with Crippen LogP contribution in [-0.4, -0.2) is 23.1 Å². The highest BCUT2D eigenvalue weighted by Crippen LogP contribution is 2.23. The molecule has 0 radical (unpaired) electrons. The molecular weight excluding hydrogens is 202 g/mol. The van der Waals surface area contributed by atoms with Gasteiger partial charge in [0.1, 0.15) is 0 Å². The number of nitrogens with one attached hydrogen (secondary N) is 1. The fourth-order valence-electron chi connectivity index (χ4n) is 1.47. The van der Waals surface area contributed by atoms with Gasteiger partial charge >= 0.3 is 0 Å². The Hall–Kier alpha value is 0.310. The van der Waals surface area contributed by atoms with Crippen molar-refractivity contribution in [2.45, 2.75) is 70.9 Å². The molecule has 15 heavy (non-hydrogen) atoms. The van der Waals surface area contributed by atoms with Crippen LogP contribution in [0.2, 0.25) is 0 Å². The summed E-state index contributed by atoms with van der Waals surface area (Å²) in [5.74, 6) is 0.783. The lowest BCUT2D eigenvalue weighted by atomic mass is 10.2. The van der Waals surface area contributed by atoms with Gasteiger partial charge in [-0.15, -0.1) is 0 Å². The first-order valence-electron chi connectivity index (χ1n) is 6.36. The molecular formula is C13H29NS. The third-order valence-corrected chi connectivity index (χ3v) is 4.47. The lowest BCUT2D eigenvalue weighted by Crippen LogP contribution is -2.32. The summed E-state index contributed by atoms with van der Waals surface area (Å²) < 4.78 is 0. The summed E-state index contributed by atoms with van der Waals surface area (Å²) in [5, 5.41) is 5.10. The van der Waals surface area contributed by atoms with Gasteiger partial charge in [-0.1, -0.05) is 41.0 Å². The molecule has 0 heterocycles. The largest absolute Gasteiger partial charge is 0.313 e. The van der Waals surface area contributed by atoms with Crippen molar-refractivity contribution in [1.29, 1.82) is 0 Å². The molecule has 3 unspecified atom stereocenters. The summed E-state index contributed by atoms with van der Waals surface area (Å²) in [6, 6.07) is 0.674. The van der Waals surface area contributed by atoms with Gasteiger partial charge in [-0.2, -0.15) is 11.8 Å². The molecule has 0 aromatic rings. The van der Waals surface area contributed by atoms with Gasteiger partial charge < -0.3 is 5.32 Å². The molecule has 0 aliphatic heterocycles. The van der Waals surface area contributed by atoms with Gasteiger partial charge in [0.2, 0.25) is 0 Å². The van der Waals surface area contributed by atoms with Gasteiger partial charge in [-0.05, 0) is 19.3 Å². The summed E-state index contributed by atoms with van der Waals surface area (Å²) >= 11 is 2.11. The molecule has 0 spiro atoms. The molecule has 2 heteroatoms. The van der Waals surface area contributed by atoms with Crippen LogP contribution in [0.1, 0.15) is 54.4 Å². The minimum Gasteiger partial charge on any atom is -0.313 e. The molecule has 0 rings (SSSR count). The SMILES string of the molecule is CCCC(C)NCC(C)SC(C)C(C)C. The highest BCUT2D eigenvalue weighted by molar-refractivity contribution is 8.00. The van der Waals surface area contributed by atoms with Gasteiger partial charge in [0.25, 0.3) is 0 Å². The number of hydrogen-bond donors (Lipinski definition) is 1. The first kappa shape index (κ1) is 15.3. The zero-order valence-corrected chi connectivity index (χ0v) is 12.2. The molecule has 0 aliphatic carbocycles. The topological polar surface area (TPSA) is 12.0 Å². The Morgan fingerprint density at radius 1 is 1.07 bits per heavy atom. The minimum absolute atomic E-state index is 0.674. The van der Waals surface area contributed by atoms with Crippen molar-refractivity contribution in [2.24, 2.45) is 5.92 Å². The Balaban J connectivity index is 3.60. The normalized spacial score (nSPS) is 17.8. The van der Waals surface area contributed by atoms with Crippen LogP contribution in [0.4, 0.5) is 0 Å². The van der Waals surface area contributed by atoms with E-state index in [-0.39, 0.29) is 0 Å². The summed E-state index contributed by atoms with van der Waals surface area (Å²) in [6.07, 6.45) is 2.56. The van der Waals surface area contributed by atoms with Gasteiger partial charge in [0, 0.05) is 23.1 Å². The Morgan fingerprint density at radius 2 is 1.67 bits per heavy atom. The van der Waals surface area contributed by atoms with Crippen LogP contribution in [0.5, 0.6) is 0 Å². The number of rotatable bonds is 8. The Bertz CT molecular complexity index is 147. The highest BCUT2D eigenvalue weighted by Gasteiger charge is 2.12. The van der Waals surface area contributed by atoms with Crippen molar-refractivity contribution in [2.75, 3.05) is 6.54 Å². The predicted octanol–water partition coefficient (Wildman–Crippen LogP) is 3.93. The Morgan fingerprint density at radius 3 is 2.13 bits per heavy atom. The van der Waals surface area contributed by atoms with E-state index in [1.165, 1.54) is 12.8 Å². The maximum absolute atomic E-state index is 3.61. The van der Waals surface area contributed by atoms with Crippen LogP contribution in [0.15, 0.2) is 0 Å². The zero-order valence-electron chi connectivity index (χ0n) is 11.3. The molecule has 1 nitrogen and oxygen atoms in total. The molecule has 3 atom stereocenters. The zero-order chi connectivity index (χ0) is 11.8. The van der Waals surface area contributed by atoms with Crippen LogP contribution in [0, 0.1) is 5.92 Å². The minimum atomic E-state index is 0.674. The van der Waals surface area contributed by atoms with Crippen molar-refractivity contribution in [3.63, 3.8) is 0 Å². The maximum atomic E-state index is 3.61. The molecule has 1 N–H and O–H groups in total. The molecule has 0 aromatic heterocycles. The summed E-state index contributed by atoms with van der Waals surface area (Å²) in [4.78, 5) is 0. The van der Waals surface area contributed by atoms with E-state index in [1.54, 1.807) is 0 Å². The van der Waals surface area contributed by atoms with Gasteiger partial charge in [0.15, 0.2) is 0 Å². The van der Waals surface area contributed by atoms with Crippen LogP contribution < -0.4 is 5.32 Å². The van der Waals surface area contributed by atoms with Crippen LogP contribution in [-0.2, 0) is 0 Å². The molecule has 0 bridgehead atoms. The van der Waals surface area contributed by atoms with Gasteiger partial charge in [-0.3, -0.25) is 0 Å². The van der Waals surface area contributed by atoms with E-state index >= 15 is 0 Å². The van der Waals surface area contributed by atoms with Crippen LogP contribution >= 0.6 is 11.8 Å². The van der Waals surface area contributed by atoms with E-state index in [9.17, 15) is 0 Å². The van der Waals surface area contributed by atoms with Crippen molar-refractivity contribution in [1.82, 2.24) is 5.32 Å². The predicted molar refractivity (Wildman–Crippen MR) is 73.7 cm³/mol. The van der Waals surface area contributed by atoms with Crippen molar-refractivity contribution in [3.8, 4) is 0 Å². The fraction of sp³-hybridized carbons (Fsp3) is 1.00. The third-order valence-electron chi connectivity index (χ3n) is 2.86. The van der Waals surface area contributed by atoms with E-state index in [0.717, 1.165) is 23.0 Å². The standard InChI is InChI=1S/C13H29NS/c1-7-8-11(4)14-9-12(5)15-13(6)10(2)3/h10-14H,7-9H2,1-6H3. The first-order valence-corrected chi connectivity index (χ1v) is 7.30. The quantitative estimate of drug-likeness (QED) is 0.679. The Kier molecular flexibility index (Phi) is 8.64. The first-order chi connectivity index (χ1) is 6.97. The average Bonchev–Trinajstić information content (AvgIpc) is 2.15. The molecule has 0 saturated carbocycles. The number of hydrogen-bond acceptors (Lipinski definition) is 2. The molecule has 0 fully saturated rings. The van der Waals surface area contributed by atoms with Gasteiger partial charge in [0.05, 0.1) is 0 Å². The van der Waals surface area contributed by atoms with Crippen molar-refractivity contribution in [3.05, 3.63) is 0 Å². The Labute approximate surface area is 101 Å². The second-order valence-corrected chi connectivity index (χ2v) is 6.81. The van der Waals surface area contributed by atoms with Crippen LogP contribution in [0.3, 0.4) is 0 Å². The molecule has 0 amide bonds. The smallest absolute Gasteiger partial charge is 0.0147 e. The lowest BCUT2D eigenvalue weighted by molar-refractivity contribution is 0.510.